The van der Waals surface area contributed by atoms with Crippen molar-refractivity contribution in [3.8, 4) is 0 Å². The number of hydrogen-bond acceptors (Lipinski definition) is 5. The number of aliphatic hydroxyl groups excluding tert-OH is 2. The van der Waals surface area contributed by atoms with E-state index in [4.69, 9.17) is 4.74 Å². The summed E-state index contributed by atoms with van der Waals surface area (Å²) in [6, 6.07) is -0.637. The predicted octanol–water partition coefficient (Wildman–Crippen LogP) is 18.2. The van der Waals surface area contributed by atoms with Gasteiger partial charge in [0.1, 0.15) is 0 Å². The molecule has 390 valence electrons. The lowest BCUT2D eigenvalue weighted by atomic mass is 10.0. The molecule has 66 heavy (non-hydrogen) atoms. The smallest absolute Gasteiger partial charge is 0.305 e. The maximum Gasteiger partial charge on any atom is 0.305 e. The molecule has 0 aliphatic carbocycles. The lowest BCUT2D eigenvalue weighted by Gasteiger charge is -2.20. The highest BCUT2D eigenvalue weighted by atomic mass is 16.5. The average molecular weight is 931 g/mol. The van der Waals surface area contributed by atoms with E-state index < -0.39 is 12.1 Å². The molecule has 0 radical (unpaired) electrons. The molecule has 6 nitrogen and oxygen atoms in total. The van der Waals surface area contributed by atoms with Gasteiger partial charge in [0.25, 0.3) is 0 Å². The van der Waals surface area contributed by atoms with Crippen LogP contribution >= 0.6 is 0 Å². The molecule has 1 amide bonds. The number of ether oxygens (including phenoxy) is 1. The number of rotatable bonds is 55. The quantitative estimate of drug-likeness (QED) is 0.0321. The summed E-state index contributed by atoms with van der Waals surface area (Å²) >= 11 is 0. The van der Waals surface area contributed by atoms with E-state index in [0.717, 1.165) is 57.8 Å². The van der Waals surface area contributed by atoms with Gasteiger partial charge in [-0.25, -0.2) is 0 Å². The third-order valence-electron chi connectivity index (χ3n) is 13.7. The average Bonchev–Trinajstić information content (AvgIpc) is 3.32. The Morgan fingerprint density at radius 3 is 1.08 bits per heavy atom. The first-order valence-corrected chi connectivity index (χ1v) is 29.6. The van der Waals surface area contributed by atoms with Crippen molar-refractivity contribution in [1.82, 2.24) is 5.32 Å². The number of aliphatic hydroxyl groups is 2. The van der Waals surface area contributed by atoms with Crippen LogP contribution in [0.3, 0.4) is 0 Å². The molecule has 3 N–H and O–H groups in total. The van der Waals surface area contributed by atoms with Crippen molar-refractivity contribution < 1.29 is 24.5 Å². The first-order valence-electron chi connectivity index (χ1n) is 29.6. The number of nitrogens with one attached hydrogen (secondary N) is 1. The first-order chi connectivity index (χ1) is 32.5. The van der Waals surface area contributed by atoms with Gasteiger partial charge in [0.15, 0.2) is 0 Å². The van der Waals surface area contributed by atoms with Gasteiger partial charge >= 0.3 is 5.97 Å². The number of hydrogen-bond donors (Lipinski definition) is 3. The standard InChI is InChI=1S/C60H115NO5/c1-3-5-7-9-11-13-15-16-17-18-19-20-21-23-26-29-33-36-40-44-48-52-58(63)57(56-62)61-59(64)53-49-45-41-37-34-30-27-24-22-25-28-31-35-39-43-47-51-55-66-60(65)54-50-46-42-38-32-14-12-10-8-6-4-2/h22,25,48,52,57-58,62-63H,3-21,23-24,26-47,49-51,53-56H2,1-2H3,(H,61,64)/b25-22-,52-48+. The molecule has 0 spiro atoms. The SMILES string of the molecule is CCCCCCCCCCCCCCCCCCCCC/C=C/C(O)C(CO)NC(=O)CCCCCCCCC/C=C\CCCCCCCCOC(=O)CCCCCCCCCCCCC. The van der Waals surface area contributed by atoms with Crippen LogP contribution in [0.4, 0.5) is 0 Å². The maximum atomic E-state index is 12.5. The zero-order chi connectivity index (χ0) is 47.9. The molecule has 2 unspecified atom stereocenters. The van der Waals surface area contributed by atoms with Crippen LogP contribution in [0.25, 0.3) is 0 Å². The molecule has 0 saturated heterocycles. The van der Waals surface area contributed by atoms with E-state index in [1.807, 2.05) is 6.08 Å². The molecule has 0 fully saturated rings. The summed E-state index contributed by atoms with van der Waals surface area (Å²) in [5.41, 5.74) is 0. The highest BCUT2D eigenvalue weighted by Gasteiger charge is 2.18. The van der Waals surface area contributed by atoms with Gasteiger partial charge in [-0.15, -0.1) is 0 Å². The van der Waals surface area contributed by atoms with Crippen molar-refractivity contribution >= 4 is 11.9 Å². The molecule has 0 aromatic carbocycles. The molecule has 0 rings (SSSR count). The largest absolute Gasteiger partial charge is 0.466 e. The first kappa shape index (κ1) is 64.3. The summed E-state index contributed by atoms with van der Waals surface area (Å²) in [7, 11) is 0. The third-order valence-corrected chi connectivity index (χ3v) is 13.7. The van der Waals surface area contributed by atoms with E-state index in [1.165, 1.54) is 238 Å². The Hall–Kier alpha value is -1.66. The summed E-state index contributed by atoms with van der Waals surface area (Å²) in [4.78, 5) is 24.5. The summed E-state index contributed by atoms with van der Waals surface area (Å²) in [5.74, 6) is -0.0800. The van der Waals surface area contributed by atoms with E-state index in [2.05, 4.69) is 31.3 Å². The Balaban J connectivity index is 3.49. The minimum Gasteiger partial charge on any atom is -0.466 e. The second-order valence-electron chi connectivity index (χ2n) is 20.3. The van der Waals surface area contributed by atoms with Crippen molar-refractivity contribution in [3.63, 3.8) is 0 Å². The number of allylic oxidation sites excluding steroid dienone is 3. The van der Waals surface area contributed by atoms with Crippen LogP contribution in [0, 0.1) is 0 Å². The Labute approximate surface area is 411 Å². The van der Waals surface area contributed by atoms with Gasteiger partial charge in [-0.1, -0.05) is 276 Å². The van der Waals surface area contributed by atoms with Gasteiger partial charge < -0.3 is 20.3 Å². The number of esters is 1. The van der Waals surface area contributed by atoms with Gasteiger partial charge in [-0.2, -0.15) is 0 Å². The fraction of sp³-hybridized carbons (Fsp3) is 0.900. The number of carbonyl (C=O) groups excluding carboxylic acids is 2. The minimum absolute atomic E-state index is 0.00273. The zero-order valence-electron chi connectivity index (χ0n) is 44.4. The van der Waals surface area contributed by atoms with Crippen molar-refractivity contribution in [1.29, 1.82) is 0 Å². The van der Waals surface area contributed by atoms with Gasteiger partial charge in [0.05, 0.1) is 25.4 Å². The van der Waals surface area contributed by atoms with Crippen LogP contribution in [-0.2, 0) is 14.3 Å². The van der Waals surface area contributed by atoms with Crippen LogP contribution in [0.15, 0.2) is 24.3 Å². The molecule has 6 heteroatoms. The van der Waals surface area contributed by atoms with E-state index in [0.29, 0.717) is 19.4 Å². The van der Waals surface area contributed by atoms with Gasteiger partial charge in [-0.3, -0.25) is 9.59 Å². The maximum absolute atomic E-state index is 12.5. The van der Waals surface area contributed by atoms with E-state index in [-0.39, 0.29) is 18.5 Å². The highest BCUT2D eigenvalue weighted by molar-refractivity contribution is 5.76. The topological polar surface area (TPSA) is 95.9 Å². The van der Waals surface area contributed by atoms with Crippen molar-refractivity contribution in [3.05, 3.63) is 24.3 Å². The Morgan fingerprint density at radius 2 is 0.712 bits per heavy atom. The number of amides is 1. The highest BCUT2D eigenvalue weighted by Crippen LogP contribution is 2.17. The van der Waals surface area contributed by atoms with Crippen molar-refractivity contribution in [2.75, 3.05) is 13.2 Å². The molecule has 0 heterocycles. The van der Waals surface area contributed by atoms with Crippen molar-refractivity contribution in [2.45, 2.75) is 334 Å². The van der Waals surface area contributed by atoms with Gasteiger partial charge in [-0.05, 0) is 57.8 Å². The van der Waals surface area contributed by atoms with Crippen LogP contribution < -0.4 is 5.32 Å². The second kappa shape index (κ2) is 55.9. The van der Waals surface area contributed by atoms with E-state index in [9.17, 15) is 19.8 Å². The molecule has 0 aliphatic rings. The van der Waals surface area contributed by atoms with E-state index >= 15 is 0 Å². The lowest BCUT2D eigenvalue weighted by Crippen LogP contribution is -2.45. The van der Waals surface area contributed by atoms with Gasteiger partial charge in [0, 0.05) is 12.8 Å². The predicted molar refractivity (Wildman–Crippen MR) is 287 cm³/mol. The molecular weight excluding hydrogens is 815 g/mol. The molecule has 0 aromatic rings. The Bertz CT molecular complexity index is 1030. The second-order valence-corrected chi connectivity index (χ2v) is 20.3. The molecule has 2 atom stereocenters. The fourth-order valence-corrected chi connectivity index (χ4v) is 9.16. The summed E-state index contributed by atoms with van der Waals surface area (Å²) < 4.78 is 5.45. The van der Waals surface area contributed by atoms with Crippen molar-refractivity contribution in [2.24, 2.45) is 0 Å². The summed E-state index contributed by atoms with van der Waals surface area (Å²) in [5, 5.41) is 23.2. The molecule has 0 aromatic heterocycles. The molecule has 0 aliphatic heterocycles. The Morgan fingerprint density at radius 1 is 0.409 bits per heavy atom. The summed E-state index contributed by atoms with van der Waals surface area (Å²) in [6.45, 7) is 4.90. The zero-order valence-corrected chi connectivity index (χ0v) is 44.4. The fourth-order valence-electron chi connectivity index (χ4n) is 9.16. The van der Waals surface area contributed by atoms with Crippen LogP contribution in [0.2, 0.25) is 0 Å². The van der Waals surface area contributed by atoms with Crippen LogP contribution in [-0.4, -0.2) is 47.4 Å². The van der Waals surface area contributed by atoms with Crippen LogP contribution in [0.1, 0.15) is 322 Å². The van der Waals surface area contributed by atoms with Gasteiger partial charge in [0.2, 0.25) is 5.91 Å². The number of carbonyl (C=O) groups is 2. The summed E-state index contributed by atoms with van der Waals surface area (Å²) in [6.07, 6.45) is 67.7. The Kier molecular flexibility index (Phi) is 54.5. The molecule has 0 bridgehead atoms. The lowest BCUT2D eigenvalue weighted by molar-refractivity contribution is -0.143. The molecular formula is C60H115NO5. The minimum atomic E-state index is -0.853. The number of unbranched alkanes of at least 4 members (excludes halogenated alkanes) is 42. The van der Waals surface area contributed by atoms with E-state index in [1.54, 1.807) is 6.08 Å². The normalized spacial score (nSPS) is 12.7. The van der Waals surface area contributed by atoms with Crippen LogP contribution in [0.5, 0.6) is 0 Å². The molecule has 0 saturated carbocycles. The monoisotopic (exact) mass is 930 g/mol. The third kappa shape index (κ3) is 51.7.